The van der Waals surface area contributed by atoms with E-state index in [4.69, 9.17) is 5.11 Å². The molecule has 2 rings (SSSR count). The van der Waals surface area contributed by atoms with Gasteiger partial charge in [0.1, 0.15) is 5.82 Å². The van der Waals surface area contributed by atoms with E-state index in [-0.39, 0.29) is 5.56 Å². The van der Waals surface area contributed by atoms with Crippen LogP contribution in [0.2, 0.25) is 0 Å². The van der Waals surface area contributed by atoms with Gasteiger partial charge < -0.3 is 10.1 Å². The number of rotatable bonds is 1. The molecule has 13 heavy (non-hydrogen) atoms. The molecule has 0 unspecified atom stereocenters. The van der Waals surface area contributed by atoms with Gasteiger partial charge in [0.25, 0.3) is 0 Å². The van der Waals surface area contributed by atoms with Gasteiger partial charge >= 0.3 is 5.97 Å². The molecule has 66 valence electrons. The normalized spacial score (nSPS) is 10.5. The maximum Gasteiger partial charge on any atom is 0.337 e. The van der Waals surface area contributed by atoms with Crippen molar-refractivity contribution >= 4 is 16.9 Å². The summed E-state index contributed by atoms with van der Waals surface area (Å²) in [6, 6.07) is 4.00. The van der Waals surface area contributed by atoms with Crippen LogP contribution < -0.4 is 0 Å². The van der Waals surface area contributed by atoms with Crippen LogP contribution in [0.4, 0.5) is 4.39 Å². The van der Waals surface area contributed by atoms with E-state index in [0.717, 1.165) is 0 Å². The number of benzene rings is 1. The molecule has 2 N–H and O–H groups in total. The Bertz CT molecular complexity index is 475. The van der Waals surface area contributed by atoms with Gasteiger partial charge in [-0.2, -0.15) is 0 Å². The topological polar surface area (TPSA) is 53.1 Å². The molecule has 0 amide bonds. The van der Waals surface area contributed by atoms with Gasteiger partial charge in [-0.05, 0) is 18.2 Å². The van der Waals surface area contributed by atoms with Crippen molar-refractivity contribution in [2.24, 2.45) is 0 Å². The van der Waals surface area contributed by atoms with Crippen molar-refractivity contribution in [2.45, 2.75) is 0 Å². The molecule has 3 nitrogen and oxygen atoms in total. The molecule has 2 aromatic rings. The lowest BCUT2D eigenvalue weighted by Gasteiger charge is -1.91. The van der Waals surface area contributed by atoms with Gasteiger partial charge in [-0.1, -0.05) is 0 Å². The predicted octanol–water partition coefficient (Wildman–Crippen LogP) is 2.01. The van der Waals surface area contributed by atoms with Crippen LogP contribution in [-0.2, 0) is 0 Å². The van der Waals surface area contributed by atoms with Crippen molar-refractivity contribution in [3.05, 3.63) is 35.8 Å². The summed E-state index contributed by atoms with van der Waals surface area (Å²) in [6.07, 6.45) is 1.35. The minimum Gasteiger partial charge on any atom is -0.478 e. The summed E-state index contributed by atoms with van der Waals surface area (Å²) >= 11 is 0. The first-order valence-electron chi connectivity index (χ1n) is 3.68. The van der Waals surface area contributed by atoms with Crippen LogP contribution in [0.25, 0.3) is 10.9 Å². The number of aromatic carboxylic acids is 1. The molecule has 0 radical (unpaired) electrons. The van der Waals surface area contributed by atoms with Crippen LogP contribution in [0, 0.1) is 5.82 Å². The summed E-state index contributed by atoms with van der Waals surface area (Å²) in [5, 5.41) is 9.12. The Morgan fingerprint density at radius 1 is 1.46 bits per heavy atom. The van der Waals surface area contributed by atoms with E-state index < -0.39 is 11.8 Å². The van der Waals surface area contributed by atoms with Crippen LogP contribution in [0.3, 0.4) is 0 Å². The van der Waals surface area contributed by atoms with E-state index >= 15 is 0 Å². The van der Waals surface area contributed by atoms with E-state index in [2.05, 4.69) is 4.98 Å². The first-order valence-corrected chi connectivity index (χ1v) is 3.68. The highest BCUT2D eigenvalue weighted by molar-refractivity contribution is 6.03. The van der Waals surface area contributed by atoms with Crippen LogP contribution in [0.15, 0.2) is 24.4 Å². The number of carboxylic acid groups (broad SMARTS) is 1. The number of fused-ring (bicyclic) bond motifs is 1. The quantitative estimate of drug-likeness (QED) is 0.703. The molecule has 0 bridgehead atoms. The lowest BCUT2D eigenvalue weighted by atomic mass is 10.2. The van der Waals surface area contributed by atoms with Gasteiger partial charge in [-0.3, -0.25) is 0 Å². The van der Waals surface area contributed by atoms with Crippen molar-refractivity contribution in [2.75, 3.05) is 0 Å². The van der Waals surface area contributed by atoms with Crippen LogP contribution in [-0.4, -0.2) is 16.1 Å². The van der Waals surface area contributed by atoms with Crippen molar-refractivity contribution in [3.8, 4) is 0 Å². The van der Waals surface area contributed by atoms with E-state index in [0.29, 0.717) is 10.9 Å². The molecule has 0 aliphatic heterocycles. The Balaban J connectivity index is 2.79. The second kappa shape index (κ2) is 2.58. The Morgan fingerprint density at radius 3 is 2.92 bits per heavy atom. The predicted molar refractivity (Wildman–Crippen MR) is 45.2 cm³/mol. The van der Waals surface area contributed by atoms with E-state index in [1.807, 2.05) is 0 Å². The van der Waals surface area contributed by atoms with E-state index in [1.165, 1.54) is 24.4 Å². The molecule has 0 aliphatic rings. The van der Waals surface area contributed by atoms with E-state index in [1.54, 1.807) is 0 Å². The number of carbonyl (C=O) groups is 1. The molecule has 0 saturated carbocycles. The number of aromatic amines is 1. The summed E-state index contributed by atoms with van der Waals surface area (Å²) < 4.78 is 12.8. The number of hydrogen-bond acceptors (Lipinski definition) is 1. The molecule has 0 spiro atoms. The Hall–Kier alpha value is -1.84. The molecular weight excluding hydrogens is 173 g/mol. The smallest absolute Gasteiger partial charge is 0.337 e. The van der Waals surface area contributed by atoms with Crippen molar-refractivity contribution < 1.29 is 14.3 Å². The van der Waals surface area contributed by atoms with Gasteiger partial charge in [0, 0.05) is 17.1 Å². The molecule has 0 saturated heterocycles. The zero-order valence-electron chi connectivity index (χ0n) is 6.54. The monoisotopic (exact) mass is 179 g/mol. The summed E-state index contributed by atoms with van der Waals surface area (Å²) in [4.78, 5) is 13.4. The standard InChI is InChI=1S/C9H6FNO2/c10-5-1-2-8-6(3-5)7(4-11-8)9(12)13/h1-4,11H,(H,12,13). The minimum absolute atomic E-state index is 0.0921. The number of hydrogen-bond donors (Lipinski definition) is 2. The van der Waals surface area contributed by atoms with Gasteiger partial charge in [0.2, 0.25) is 0 Å². The molecule has 0 aliphatic carbocycles. The Labute approximate surface area is 72.8 Å². The van der Waals surface area contributed by atoms with Crippen LogP contribution in [0.5, 0.6) is 0 Å². The highest BCUT2D eigenvalue weighted by atomic mass is 19.1. The third kappa shape index (κ3) is 1.16. The maximum atomic E-state index is 12.8. The van der Waals surface area contributed by atoms with Gasteiger partial charge in [0.15, 0.2) is 0 Å². The fourth-order valence-corrected chi connectivity index (χ4v) is 1.27. The van der Waals surface area contributed by atoms with E-state index in [9.17, 15) is 9.18 Å². The first-order chi connectivity index (χ1) is 6.18. The maximum absolute atomic E-state index is 12.8. The van der Waals surface area contributed by atoms with Crippen LogP contribution >= 0.6 is 0 Å². The highest BCUT2D eigenvalue weighted by Crippen LogP contribution is 2.18. The summed E-state index contributed by atoms with van der Waals surface area (Å²) in [5.74, 6) is -1.49. The highest BCUT2D eigenvalue weighted by Gasteiger charge is 2.10. The molecule has 0 fully saturated rings. The van der Waals surface area contributed by atoms with Crippen molar-refractivity contribution in [3.63, 3.8) is 0 Å². The third-order valence-electron chi connectivity index (χ3n) is 1.87. The fraction of sp³-hybridized carbons (Fsp3) is 0. The molecule has 1 heterocycles. The molecule has 1 aromatic carbocycles. The van der Waals surface area contributed by atoms with Gasteiger partial charge in [0.05, 0.1) is 5.56 Å². The number of aromatic nitrogens is 1. The van der Waals surface area contributed by atoms with Gasteiger partial charge in [-0.15, -0.1) is 0 Å². The van der Waals surface area contributed by atoms with Crippen LogP contribution in [0.1, 0.15) is 10.4 Å². The lowest BCUT2D eigenvalue weighted by molar-refractivity contribution is 0.0699. The lowest BCUT2D eigenvalue weighted by Crippen LogP contribution is -1.93. The zero-order chi connectivity index (χ0) is 9.42. The Kier molecular flexibility index (Phi) is 1.55. The summed E-state index contributed by atoms with van der Waals surface area (Å²) in [6.45, 7) is 0. The van der Waals surface area contributed by atoms with Crippen molar-refractivity contribution in [1.29, 1.82) is 0 Å². The summed E-state index contributed by atoms with van der Waals surface area (Å²) in [7, 11) is 0. The zero-order valence-corrected chi connectivity index (χ0v) is 6.54. The SMILES string of the molecule is O=C(O)c1c[nH]c2ccc(F)cc12. The number of H-pyrrole nitrogens is 1. The minimum atomic E-state index is -1.06. The average Bonchev–Trinajstić information content (AvgIpc) is 2.46. The second-order valence-electron chi connectivity index (χ2n) is 2.70. The fourth-order valence-electron chi connectivity index (χ4n) is 1.27. The van der Waals surface area contributed by atoms with Gasteiger partial charge in [-0.25, -0.2) is 9.18 Å². The largest absolute Gasteiger partial charge is 0.478 e. The number of nitrogens with one attached hydrogen (secondary N) is 1. The number of carboxylic acids is 1. The molecule has 0 atom stereocenters. The third-order valence-corrected chi connectivity index (χ3v) is 1.87. The Morgan fingerprint density at radius 2 is 2.23 bits per heavy atom. The first kappa shape index (κ1) is 7.79. The number of halogens is 1. The average molecular weight is 179 g/mol. The molecular formula is C9H6FNO2. The second-order valence-corrected chi connectivity index (χ2v) is 2.70. The molecule has 4 heteroatoms. The molecule has 1 aromatic heterocycles. The van der Waals surface area contributed by atoms with Crippen molar-refractivity contribution in [1.82, 2.24) is 4.98 Å². The summed E-state index contributed by atoms with van der Waals surface area (Å²) in [5.41, 5.74) is 0.716.